The molecule has 32 heavy (non-hydrogen) atoms. The van der Waals surface area contributed by atoms with Crippen LogP contribution in [0.15, 0.2) is 82.6 Å². The molecule has 0 radical (unpaired) electrons. The van der Waals surface area contributed by atoms with E-state index in [1.54, 1.807) is 24.3 Å². The number of nitrogens with zero attached hydrogens (tertiary/aromatic N) is 2. The molecular formula is C22H18N4O4S2. The van der Waals surface area contributed by atoms with Crippen LogP contribution >= 0.6 is 0 Å². The molecule has 0 fully saturated rings. The Kier molecular flexibility index (Phi) is 7.03. The fraction of sp³-hybridized carbons (Fsp3) is 0.0909. The molecule has 3 aromatic carbocycles. The molecule has 0 heterocycles. The molecule has 10 heteroatoms. The molecular weight excluding hydrogens is 448 g/mol. The van der Waals surface area contributed by atoms with Crippen molar-refractivity contribution in [2.24, 2.45) is 0 Å². The zero-order valence-electron chi connectivity index (χ0n) is 16.7. The van der Waals surface area contributed by atoms with Crippen LogP contribution < -0.4 is 9.44 Å². The Morgan fingerprint density at radius 3 is 1.34 bits per heavy atom. The Bertz CT molecular complexity index is 1300. The van der Waals surface area contributed by atoms with Gasteiger partial charge in [0.2, 0.25) is 20.0 Å². The Labute approximate surface area is 186 Å². The smallest absolute Gasteiger partial charge is 0.207 e. The van der Waals surface area contributed by atoms with Crippen LogP contribution in [0.4, 0.5) is 0 Å². The van der Waals surface area contributed by atoms with Gasteiger partial charge in [-0.05, 0) is 59.7 Å². The quantitative estimate of drug-likeness (QED) is 0.522. The monoisotopic (exact) mass is 466 g/mol. The first kappa shape index (κ1) is 23.1. The average Bonchev–Trinajstić information content (AvgIpc) is 2.82. The Hall–Kier alpha value is -3.54. The van der Waals surface area contributed by atoms with E-state index in [0.29, 0.717) is 22.3 Å². The molecule has 2 N–H and O–H groups in total. The van der Waals surface area contributed by atoms with Crippen LogP contribution in [0.5, 0.6) is 0 Å². The van der Waals surface area contributed by atoms with Gasteiger partial charge in [-0.1, -0.05) is 24.3 Å². The average molecular weight is 467 g/mol. The van der Waals surface area contributed by atoms with Gasteiger partial charge in [0.1, 0.15) is 0 Å². The lowest BCUT2D eigenvalue weighted by atomic mass is 10.1. The Morgan fingerprint density at radius 2 is 1.00 bits per heavy atom. The molecule has 0 amide bonds. The van der Waals surface area contributed by atoms with Crippen LogP contribution in [0.1, 0.15) is 22.3 Å². The molecule has 0 saturated heterocycles. The third-order valence-corrected chi connectivity index (χ3v) is 7.35. The minimum Gasteiger partial charge on any atom is -0.207 e. The molecule has 0 aromatic heterocycles. The van der Waals surface area contributed by atoms with E-state index in [-0.39, 0.29) is 22.9 Å². The first-order chi connectivity index (χ1) is 15.2. The highest BCUT2D eigenvalue weighted by Crippen LogP contribution is 2.14. The fourth-order valence-corrected chi connectivity index (χ4v) is 4.83. The highest BCUT2D eigenvalue weighted by atomic mass is 32.2. The van der Waals surface area contributed by atoms with Crippen LogP contribution in [-0.4, -0.2) is 16.8 Å². The molecule has 8 nitrogen and oxygen atoms in total. The van der Waals surface area contributed by atoms with Crippen molar-refractivity contribution in [1.29, 1.82) is 10.5 Å². The van der Waals surface area contributed by atoms with Gasteiger partial charge >= 0.3 is 0 Å². The van der Waals surface area contributed by atoms with E-state index in [4.69, 9.17) is 10.5 Å². The van der Waals surface area contributed by atoms with E-state index in [0.717, 1.165) is 0 Å². The van der Waals surface area contributed by atoms with Crippen molar-refractivity contribution in [2.75, 3.05) is 0 Å². The van der Waals surface area contributed by atoms with Crippen LogP contribution in [0.25, 0.3) is 0 Å². The van der Waals surface area contributed by atoms with Crippen molar-refractivity contribution in [2.45, 2.75) is 22.9 Å². The van der Waals surface area contributed by atoms with Crippen molar-refractivity contribution in [3.63, 3.8) is 0 Å². The Balaban J connectivity index is 1.64. The number of rotatable bonds is 8. The zero-order valence-corrected chi connectivity index (χ0v) is 18.3. The predicted molar refractivity (Wildman–Crippen MR) is 117 cm³/mol. The SMILES string of the molecule is N#Cc1ccc(S(=O)(=O)NCc2cccc(CNS(=O)(=O)c3ccc(C#N)cc3)c2)cc1. The number of hydrogen-bond acceptors (Lipinski definition) is 6. The molecule has 0 saturated carbocycles. The van der Waals surface area contributed by atoms with Crippen LogP contribution in [0.2, 0.25) is 0 Å². The molecule has 0 aliphatic heterocycles. The predicted octanol–water partition coefficient (Wildman–Crippen LogP) is 2.39. The van der Waals surface area contributed by atoms with Gasteiger partial charge < -0.3 is 0 Å². The Morgan fingerprint density at radius 1 is 0.625 bits per heavy atom. The summed E-state index contributed by atoms with van der Waals surface area (Å²) in [5.41, 5.74) is 2.02. The molecule has 0 aliphatic rings. The number of nitrogens with one attached hydrogen (secondary N) is 2. The van der Waals surface area contributed by atoms with Gasteiger partial charge in [0.25, 0.3) is 0 Å². The third kappa shape index (κ3) is 5.78. The second-order valence-electron chi connectivity index (χ2n) is 6.74. The van der Waals surface area contributed by atoms with Crippen LogP contribution in [0.3, 0.4) is 0 Å². The van der Waals surface area contributed by atoms with Crippen molar-refractivity contribution < 1.29 is 16.8 Å². The van der Waals surface area contributed by atoms with E-state index < -0.39 is 20.0 Å². The van der Waals surface area contributed by atoms with Gasteiger partial charge in [-0.3, -0.25) is 0 Å². The number of sulfonamides is 2. The summed E-state index contributed by atoms with van der Waals surface area (Å²) in [7, 11) is -7.53. The van der Waals surface area contributed by atoms with Gasteiger partial charge in [-0.15, -0.1) is 0 Å². The summed E-state index contributed by atoms with van der Waals surface area (Å²) < 4.78 is 54.8. The number of hydrogen-bond donors (Lipinski definition) is 2. The van der Waals surface area contributed by atoms with E-state index in [9.17, 15) is 16.8 Å². The lowest BCUT2D eigenvalue weighted by Gasteiger charge is -2.10. The molecule has 0 spiro atoms. The van der Waals surface area contributed by atoms with Crippen LogP contribution in [0, 0.1) is 22.7 Å². The summed E-state index contributed by atoms with van der Waals surface area (Å²) in [6.45, 7) is 0.0249. The van der Waals surface area contributed by atoms with E-state index in [1.165, 1.54) is 48.5 Å². The molecule has 162 valence electrons. The zero-order chi connectivity index (χ0) is 23.2. The van der Waals surface area contributed by atoms with Crippen LogP contribution in [-0.2, 0) is 33.1 Å². The van der Waals surface area contributed by atoms with Gasteiger partial charge in [0, 0.05) is 13.1 Å². The van der Waals surface area contributed by atoms with Crippen molar-refractivity contribution in [3.8, 4) is 12.1 Å². The van der Waals surface area contributed by atoms with Gasteiger partial charge in [-0.25, -0.2) is 26.3 Å². The lowest BCUT2D eigenvalue weighted by Crippen LogP contribution is -2.24. The number of benzene rings is 3. The highest BCUT2D eigenvalue weighted by molar-refractivity contribution is 7.89. The number of nitriles is 2. The van der Waals surface area contributed by atoms with E-state index in [1.807, 2.05) is 12.1 Å². The molecule has 0 bridgehead atoms. The standard InChI is InChI=1S/C22H18N4O4S2/c23-13-17-4-8-21(9-5-17)31(27,28)25-15-19-2-1-3-20(12-19)16-26-32(29,30)22-10-6-18(14-24)7-11-22/h1-12,25-26H,15-16H2. The first-order valence-corrected chi connectivity index (χ1v) is 12.3. The van der Waals surface area contributed by atoms with Gasteiger partial charge in [0.05, 0.1) is 33.1 Å². The summed E-state index contributed by atoms with van der Waals surface area (Å²) >= 11 is 0. The lowest BCUT2D eigenvalue weighted by molar-refractivity contribution is 0.580. The van der Waals surface area contributed by atoms with Gasteiger partial charge in [0.15, 0.2) is 0 Å². The second-order valence-corrected chi connectivity index (χ2v) is 10.3. The molecule has 0 unspecified atom stereocenters. The van der Waals surface area contributed by atoms with Crippen molar-refractivity contribution in [3.05, 3.63) is 95.1 Å². The largest absolute Gasteiger partial charge is 0.240 e. The maximum atomic E-state index is 12.4. The molecule has 3 rings (SSSR count). The maximum absolute atomic E-state index is 12.4. The summed E-state index contributed by atoms with van der Waals surface area (Å²) in [5, 5.41) is 17.6. The summed E-state index contributed by atoms with van der Waals surface area (Å²) in [4.78, 5) is 0.0886. The van der Waals surface area contributed by atoms with E-state index in [2.05, 4.69) is 9.44 Å². The van der Waals surface area contributed by atoms with Gasteiger partial charge in [-0.2, -0.15) is 10.5 Å². The summed E-state index contributed by atoms with van der Waals surface area (Å²) in [5.74, 6) is 0. The first-order valence-electron chi connectivity index (χ1n) is 9.31. The second kappa shape index (κ2) is 9.73. The van der Waals surface area contributed by atoms with Crippen molar-refractivity contribution >= 4 is 20.0 Å². The highest BCUT2D eigenvalue weighted by Gasteiger charge is 2.15. The summed E-state index contributed by atoms with van der Waals surface area (Å²) in [6.07, 6.45) is 0. The fourth-order valence-electron chi connectivity index (χ4n) is 2.79. The maximum Gasteiger partial charge on any atom is 0.240 e. The topological polar surface area (TPSA) is 140 Å². The molecule has 3 aromatic rings. The van der Waals surface area contributed by atoms with Crippen molar-refractivity contribution in [1.82, 2.24) is 9.44 Å². The molecule has 0 aliphatic carbocycles. The van der Waals surface area contributed by atoms with E-state index >= 15 is 0 Å². The minimum absolute atomic E-state index is 0.0124. The molecule has 0 atom stereocenters. The summed E-state index contributed by atoms with van der Waals surface area (Å²) in [6, 6.07) is 21.8. The minimum atomic E-state index is -3.77. The normalized spacial score (nSPS) is 11.4. The third-order valence-electron chi connectivity index (χ3n) is 4.51.